The van der Waals surface area contributed by atoms with Gasteiger partial charge < -0.3 is 5.32 Å². The molecular weight excluding hydrogens is 362 g/mol. The summed E-state index contributed by atoms with van der Waals surface area (Å²) in [5.74, 6) is 0.383. The molecule has 0 saturated heterocycles. The molecule has 0 saturated carbocycles. The highest BCUT2D eigenvalue weighted by molar-refractivity contribution is 7.99. The molecule has 1 N–H and O–H groups in total. The first kappa shape index (κ1) is 18.5. The van der Waals surface area contributed by atoms with E-state index in [9.17, 15) is 0 Å². The summed E-state index contributed by atoms with van der Waals surface area (Å²) in [7, 11) is 0. The molecule has 0 bridgehead atoms. The van der Waals surface area contributed by atoms with Crippen molar-refractivity contribution in [1.29, 1.82) is 0 Å². The topological polar surface area (TPSA) is 37.8 Å². The van der Waals surface area contributed by atoms with Crippen molar-refractivity contribution >= 4 is 34.2 Å². The second kappa shape index (κ2) is 8.03. The molecule has 140 valence electrons. The number of anilines is 2. The van der Waals surface area contributed by atoms with Crippen LogP contribution in [0.2, 0.25) is 0 Å². The molecule has 0 aliphatic rings. The lowest BCUT2D eigenvalue weighted by atomic mass is 10.1. The van der Waals surface area contributed by atoms with Crippen molar-refractivity contribution < 1.29 is 0 Å². The van der Waals surface area contributed by atoms with Gasteiger partial charge in [0, 0.05) is 27.1 Å². The number of benzene rings is 2. The molecule has 0 spiro atoms. The molecule has 4 aromatic rings. The monoisotopic (exact) mass is 385 g/mol. The van der Waals surface area contributed by atoms with Crippen molar-refractivity contribution in [3.8, 4) is 0 Å². The largest absolute Gasteiger partial charge is 0.354 e. The first-order valence-electron chi connectivity index (χ1n) is 9.46. The smallest absolute Gasteiger partial charge is 0.161 e. The molecule has 3 nitrogen and oxygen atoms in total. The lowest BCUT2D eigenvalue weighted by Gasteiger charge is -2.15. The van der Waals surface area contributed by atoms with Crippen molar-refractivity contribution in [3.63, 3.8) is 0 Å². The molecule has 0 aliphatic heterocycles. The van der Waals surface area contributed by atoms with Crippen LogP contribution in [0.25, 0.3) is 11.0 Å². The van der Waals surface area contributed by atoms with Gasteiger partial charge >= 0.3 is 0 Å². The minimum absolute atomic E-state index is 0.383. The van der Waals surface area contributed by atoms with Crippen LogP contribution in [0, 0.1) is 6.92 Å². The zero-order chi connectivity index (χ0) is 19.5. The van der Waals surface area contributed by atoms with E-state index in [1.807, 2.05) is 18.3 Å². The van der Waals surface area contributed by atoms with Crippen LogP contribution in [-0.2, 0) is 0 Å². The van der Waals surface area contributed by atoms with Crippen LogP contribution in [0.15, 0.2) is 82.7 Å². The number of fused-ring (bicyclic) bond motifs is 1. The average Bonchev–Trinajstić information content (AvgIpc) is 2.70. The maximum Gasteiger partial charge on any atom is 0.161 e. The quantitative estimate of drug-likeness (QED) is 0.403. The van der Waals surface area contributed by atoms with Crippen LogP contribution in [0.5, 0.6) is 0 Å². The van der Waals surface area contributed by atoms with Gasteiger partial charge in [0.25, 0.3) is 0 Å². The fourth-order valence-corrected chi connectivity index (χ4v) is 3.97. The molecule has 0 amide bonds. The van der Waals surface area contributed by atoms with E-state index in [1.54, 1.807) is 11.8 Å². The third kappa shape index (κ3) is 4.02. The molecule has 0 radical (unpaired) electrons. The first-order valence-corrected chi connectivity index (χ1v) is 10.3. The van der Waals surface area contributed by atoms with Crippen LogP contribution < -0.4 is 5.32 Å². The van der Waals surface area contributed by atoms with Gasteiger partial charge in [-0.2, -0.15) is 0 Å². The maximum absolute atomic E-state index is 4.73. The van der Waals surface area contributed by atoms with Crippen LogP contribution in [0.1, 0.15) is 31.0 Å². The SMILES string of the molecule is Cc1ccc(Sc2ccccc2)c(Nc2ccnc3nc(C(C)C)ccc23)c1. The number of hydrogen-bond donors (Lipinski definition) is 1. The van der Waals surface area contributed by atoms with E-state index in [1.165, 1.54) is 15.4 Å². The number of aryl methyl sites for hydroxylation is 1. The van der Waals surface area contributed by atoms with Gasteiger partial charge in [0.2, 0.25) is 0 Å². The lowest BCUT2D eigenvalue weighted by molar-refractivity contribution is 0.828. The van der Waals surface area contributed by atoms with Gasteiger partial charge in [-0.25, -0.2) is 9.97 Å². The molecule has 4 rings (SSSR count). The summed E-state index contributed by atoms with van der Waals surface area (Å²) in [6, 6.07) is 23.2. The van der Waals surface area contributed by atoms with E-state index in [2.05, 4.69) is 85.7 Å². The highest BCUT2D eigenvalue weighted by Crippen LogP contribution is 2.36. The molecule has 4 heteroatoms. The predicted molar refractivity (Wildman–Crippen MR) is 119 cm³/mol. The van der Waals surface area contributed by atoms with Gasteiger partial charge in [-0.1, -0.05) is 49.9 Å². The number of pyridine rings is 2. The van der Waals surface area contributed by atoms with E-state index in [-0.39, 0.29) is 0 Å². The minimum Gasteiger partial charge on any atom is -0.354 e. The molecule has 2 aromatic carbocycles. The molecule has 28 heavy (non-hydrogen) atoms. The Hall–Kier alpha value is -2.85. The minimum atomic E-state index is 0.383. The van der Waals surface area contributed by atoms with Crippen molar-refractivity contribution in [3.05, 3.63) is 84.2 Å². The number of hydrogen-bond acceptors (Lipinski definition) is 4. The number of rotatable bonds is 5. The Balaban J connectivity index is 1.72. The standard InChI is InChI=1S/C24H23N3S/c1-16(2)20-11-10-19-21(13-14-25-24(19)27-20)26-22-15-17(3)9-12-23(22)28-18-7-5-4-6-8-18/h4-16H,1-3H3,(H,25,26,27). The molecule has 2 heterocycles. The van der Waals surface area contributed by atoms with Crippen LogP contribution >= 0.6 is 11.8 Å². The highest BCUT2D eigenvalue weighted by atomic mass is 32.2. The summed E-state index contributed by atoms with van der Waals surface area (Å²) < 4.78 is 0. The third-order valence-electron chi connectivity index (χ3n) is 4.59. The predicted octanol–water partition coefficient (Wildman–Crippen LogP) is 6.96. The highest BCUT2D eigenvalue weighted by Gasteiger charge is 2.10. The average molecular weight is 386 g/mol. The molecule has 2 aromatic heterocycles. The maximum atomic E-state index is 4.73. The number of nitrogens with one attached hydrogen (secondary N) is 1. The summed E-state index contributed by atoms with van der Waals surface area (Å²) in [5.41, 5.74) is 5.18. The fraction of sp³-hybridized carbons (Fsp3) is 0.167. The second-order valence-corrected chi connectivity index (χ2v) is 8.28. The van der Waals surface area contributed by atoms with E-state index in [0.29, 0.717) is 5.92 Å². The van der Waals surface area contributed by atoms with Crippen molar-refractivity contribution in [2.24, 2.45) is 0 Å². The van der Waals surface area contributed by atoms with Gasteiger partial charge in [0.05, 0.1) is 11.4 Å². The zero-order valence-electron chi connectivity index (χ0n) is 16.3. The molecule has 0 unspecified atom stereocenters. The summed E-state index contributed by atoms with van der Waals surface area (Å²) >= 11 is 1.76. The Labute approximate surface area is 170 Å². The van der Waals surface area contributed by atoms with E-state index in [0.717, 1.165) is 28.1 Å². The van der Waals surface area contributed by atoms with Crippen LogP contribution in [-0.4, -0.2) is 9.97 Å². The van der Waals surface area contributed by atoms with Crippen LogP contribution in [0.3, 0.4) is 0 Å². The zero-order valence-corrected chi connectivity index (χ0v) is 17.1. The Bertz CT molecular complexity index is 1110. The summed E-state index contributed by atoms with van der Waals surface area (Å²) in [5, 5.41) is 4.66. The van der Waals surface area contributed by atoms with Gasteiger partial charge in [-0.05, 0) is 60.9 Å². The molecule has 0 fully saturated rings. The molecule has 0 atom stereocenters. The first-order chi connectivity index (χ1) is 13.6. The summed E-state index contributed by atoms with van der Waals surface area (Å²) in [6.07, 6.45) is 1.82. The Kier molecular flexibility index (Phi) is 5.31. The van der Waals surface area contributed by atoms with Crippen LogP contribution in [0.4, 0.5) is 11.4 Å². The third-order valence-corrected chi connectivity index (χ3v) is 5.68. The van der Waals surface area contributed by atoms with Crippen molar-refractivity contribution in [1.82, 2.24) is 9.97 Å². The van der Waals surface area contributed by atoms with Crippen molar-refractivity contribution in [2.75, 3.05) is 5.32 Å². The second-order valence-electron chi connectivity index (χ2n) is 7.16. The molecule has 0 aliphatic carbocycles. The van der Waals surface area contributed by atoms with Gasteiger partial charge in [-0.3, -0.25) is 0 Å². The van der Waals surface area contributed by atoms with Gasteiger partial charge in [0.1, 0.15) is 0 Å². The Morgan fingerprint density at radius 2 is 1.71 bits per heavy atom. The van der Waals surface area contributed by atoms with E-state index < -0.39 is 0 Å². The molecular formula is C24H23N3S. The Morgan fingerprint density at radius 3 is 2.50 bits per heavy atom. The number of nitrogens with zero attached hydrogens (tertiary/aromatic N) is 2. The van der Waals surface area contributed by atoms with E-state index >= 15 is 0 Å². The lowest BCUT2D eigenvalue weighted by Crippen LogP contribution is -1.98. The van der Waals surface area contributed by atoms with Gasteiger partial charge in [0.15, 0.2) is 5.65 Å². The van der Waals surface area contributed by atoms with Gasteiger partial charge in [-0.15, -0.1) is 0 Å². The summed E-state index contributed by atoms with van der Waals surface area (Å²) in [4.78, 5) is 11.6. The Morgan fingerprint density at radius 1 is 0.893 bits per heavy atom. The van der Waals surface area contributed by atoms with Crippen molar-refractivity contribution in [2.45, 2.75) is 36.5 Å². The van der Waals surface area contributed by atoms with E-state index in [4.69, 9.17) is 4.98 Å². The summed E-state index contributed by atoms with van der Waals surface area (Å²) in [6.45, 7) is 6.41. The fourth-order valence-electron chi connectivity index (χ4n) is 3.07. The number of aromatic nitrogens is 2. The normalized spacial score (nSPS) is 11.1.